The largest absolute Gasteiger partial charge is 0.481 e. The number of anilines is 1. The molecule has 0 aromatic heterocycles. The van der Waals surface area contributed by atoms with Crippen LogP contribution in [0.15, 0.2) is 42.5 Å². The molecular weight excluding hydrogens is 281 g/mol. The molecule has 116 valence electrons. The van der Waals surface area contributed by atoms with Crippen molar-refractivity contribution in [1.82, 2.24) is 0 Å². The minimum absolute atomic E-state index is 0.208. The SMILES string of the molecule is CCC(Oc1ccc(F)cc1)C(=O)Nc1cc(C)ccc1C. The number of halogens is 1. The Balaban J connectivity index is 2.08. The first kappa shape index (κ1) is 16.0. The van der Waals surface area contributed by atoms with Crippen LogP contribution in [0.1, 0.15) is 24.5 Å². The molecule has 2 aromatic carbocycles. The summed E-state index contributed by atoms with van der Waals surface area (Å²) in [6, 6.07) is 11.5. The van der Waals surface area contributed by atoms with Crippen molar-refractivity contribution in [3.63, 3.8) is 0 Å². The first-order valence-corrected chi connectivity index (χ1v) is 7.30. The van der Waals surface area contributed by atoms with Gasteiger partial charge in [0, 0.05) is 5.69 Å². The summed E-state index contributed by atoms with van der Waals surface area (Å²) in [5, 5.41) is 2.90. The lowest BCUT2D eigenvalue weighted by molar-refractivity contribution is -0.122. The summed E-state index contributed by atoms with van der Waals surface area (Å²) < 4.78 is 18.5. The zero-order valence-corrected chi connectivity index (χ0v) is 13.0. The normalized spacial score (nSPS) is 11.8. The van der Waals surface area contributed by atoms with Gasteiger partial charge in [0.1, 0.15) is 11.6 Å². The monoisotopic (exact) mass is 301 g/mol. The third-order valence-electron chi connectivity index (χ3n) is 3.41. The highest BCUT2D eigenvalue weighted by Gasteiger charge is 2.19. The Morgan fingerprint density at radius 1 is 1.18 bits per heavy atom. The third-order valence-corrected chi connectivity index (χ3v) is 3.41. The van der Waals surface area contributed by atoms with Crippen LogP contribution in [-0.4, -0.2) is 12.0 Å². The van der Waals surface area contributed by atoms with Crippen molar-refractivity contribution in [2.24, 2.45) is 0 Å². The van der Waals surface area contributed by atoms with Crippen molar-refractivity contribution in [2.45, 2.75) is 33.3 Å². The highest BCUT2D eigenvalue weighted by atomic mass is 19.1. The minimum Gasteiger partial charge on any atom is -0.481 e. The number of hydrogen-bond acceptors (Lipinski definition) is 2. The van der Waals surface area contributed by atoms with Gasteiger partial charge in [-0.1, -0.05) is 19.1 Å². The second-order valence-corrected chi connectivity index (χ2v) is 5.28. The topological polar surface area (TPSA) is 38.3 Å². The molecule has 0 saturated heterocycles. The number of carbonyl (C=O) groups excluding carboxylic acids is 1. The van der Waals surface area contributed by atoms with Crippen LogP contribution < -0.4 is 10.1 Å². The number of benzene rings is 2. The van der Waals surface area contributed by atoms with Crippen molar-refractivity contribution in [2.75, 3.05) is 5.32 Å². The Kier molecular flexibility index (Phi) is 5.15. The average Bonchev–Trinajstić information content (AvgIpc) is 2.50. The quantitative estimate of drug-likeness (QED) is 0.897. The smallest absolute Gasteiger partial charge is 0.265 e. The molecule has 1 atom stereocenters. The third kappa shape index (κ3) is 4.07. The number of ether oxygens (including phenoxy) is 1. The van der Waals surface area contributed by atoms with Crippen LogP contribution in [-0.2, 0) is 4.79 Å². The maximum Gasteiger partial charge on any atom is 0.265 e. The molecule has 0 aliphatic rings. The van der Waals surface area contributed by atoms with Crippen molar-refractivity contribution >= 4 is 11.6 Å². The fraction of sp³-hybridized carbons (Fsp3) is 0.278. The van der Waals surface area contributed by atoms with E-state index in [1.807, 2.05) is 39.0 Å². The summed E-state index contributed by atoms with van der Waals surface area (Å²) in [7, 11) is 0. The lowest BCUT2D eigenvalue weighted by Gasteiger charge is -2.18. The molecule has 0 spiro atoms. The molecule has 0 aliphatic carbocycles. The number of aryl methyl sites for hydroxylation is 2. The molecule has 0 fully saturated rings. The zero-order chi connectivity index (χ0) is 16.1. The van der Waals surface area contributed by atoms with Crippen LogP contribution in [0.4, 0.5) is 10.1 Å². The molecule has 2 aromatic rings. The van der Waals surface area contributed by atoms with Crippen molar-refractivity contribution in [3.8, 4) is 5.75 Å². The van der Waals surface area contributed by atoms with Gasteiger partial charge in [-0.2, -0.15) is 0 Å². The van der Waals surface area contributed by atoms with Gasteiger partial charge in [0.25, 0.3) is 5.91 Å². The van der Waals surface area contributed by atoms with Gasteiger partial charge in [-0.25, -0.2) is 4.39 Å². The standard InChI is InChI=1S/C18H20FNO2/c1-4-17(22-15-9-7-14(19)8-10-15)18(21)20-16-11-12(2)5-6-13(16)3/h5-11,17H,4H2,1-3H3,(H,20,21). The van der Waals surface area contributed by atoms with Gasteiger partial charge in [-0.05, 0) is 61.7 Å². The van der Waals surface area contributed by atoms with Gasteiger partial charge in [-0.15, -0.1) is 0 Å². The lowest BCUT2D eigenvalue weighted by atomic mass is 10.1. The van der Waals surface area contributed by atoms with Gasteiger partial charge >= 0.3 is 0 Å². The maximum atomic E-state index is 12.9. The molecule has 22 heavy (non-hydrogen) atoms. The molecule has 0 bridgehead atoms. The number of nitrogens with one attached hydrogen (secondary N) is 1. The fourth-order valence-corrected chi connectivity index (χ4v) is 2.08. The minimum atomic E-state index is -0.620. The van der Waals surface area contributed by atoms with E-state index in [1.54, 1.807) is 0 Å². The summed E-state index contributed by atoms with van der Waals surface area (Å²) in [6.07, 6.45) is -0.0981. The van der Waals surface area contributed by atoms with E-state index in [9.17, 15) is 9.18 Å². The first-order chi connectivity index (χ1) is 10.5. The highest BCUT2D eigenvalue weighted by molar-refractivity contribution is 5.95. The molecule has 0 heterocycles. The zero-order valence-electron chi connectivity index (χ0n) is 13.0. The number of amides is 1. The molecule has 0 radical (unpaired) electrons. The first-order valence-electron chi connectivity index (χ1n) is 7.30. The highest BCUT2D eigenvalue weighted by Crippen LogP contribution is 2.19. The van der Waals surface area contributed by atoms with Gasteiger partial charge in [0.15, 0.2) is 6.10 Å². The van der Waals surface area contributed by atoms with Crippen LogP contribution >= 0.6 is 0 Å². The second-order valence-electron chi connectivity index (χ2n) is 5.28. The van der Waals surface area contributed by atoms with Gasteiger partial charge in [-0.3, -0.25) is 4.79 Å². The van der Waals surface area contributed by atoms with Crippen molar-refractivity contribution in [3.05, 3.63) is 59.4 Å². The van der Waals surface area contributed by atoms with Gasteiger partial charge < -0.3 is 10.1 Å². The summed E-state index contributed by atoms with van der Waals surface area (Å²) in [4.78, 5) is 12.4. The van der Waals surface area contributed by atoms with Gasteiger partial charge in [0.05, 0.1) is 0 Å². The van der Waals surface area contributed by atoms with Crippen LogP contribution in [0.3, 0.4) is 0 Å². The van der Waals surface area contributed by atoms with Gasteiger partial charge in [0.2, 0.25) is 0 Å². The van der Waals surface area contributed by atoms with E-state index >= 15 is 0 Å². The Bertz CT molecular complexity index is 653. The number of carbonyl (C=O) groups is 1. The molecule has 0 saturated carbocycles. The van der Waals surface area contributed by atoms with E-state index in [2.05, 4.69) is 5.32 Å². The van der Waals surface area contributed by atoms with E-state index in [0.717, 1.165) is 16.8 Å². The molecule has 2 rings (SSSR count). The molecule has 1 unspecified atom stereocenters. The summed E-state index contributed by atoms with van der Waals surface area (Å²) in [5.74, 6) is -0.0647. The predicted molar refractivity (Wildman–Crippen MR) is 85.7 cm³/mol. The van der Waals surface area contributed by atoms with Crippen molar-refractivity contribution in [1.29, 1.82) is 0 Å². The van der Waals surface area contributed by atoms with E-state index in [4.69, 9.17) is 4.74 Å². The van der Waals surface area contributed by atoms with E-state index in [-0.39, 0.29) is 11.7 Å². The molecular formula is C18H20FNO2. The lowest BCUT2D eigenvalue weighted by Crippen LogP contribution is -2.32. The number of rotatable bonds is 5. The van der Waals surface area contributed by atoms with Crippen LogP contribution in [0.5, 0.6) is 5.75 Å². The fourth-order valence-electron chi connectivity index (χ4n) is 2.08. The molecule has 0 aliphatic heterocycles. The summed E-state index contributed by atoms with van der Waals surface area (Å²) in [6.45, 7) is 5.79. The molecule has 1 amide bonds. The second kappa shape index (κ2) is 7.07. The number of hydrogen-bond donors (Lipinski definition) is 1. The maximum absolute atomic E-state index is 12.9. The molecule has 4 heteroatoms. The Labute approximate surface area is 130 Å². The Morgan fingerprint density at radius 2 is 1.86 bits per heavy atom. The summed E-state index contributed by atoms with van der Waals surface area (Å²) in [5.41, 5.74) is 2.86. The van der Waals surface area contributed by atoms with E-state index in [1.165, 1.54) is 24.3 Å². The van der Waals surface area contributed by atoms with Crippen molar-refractivity contribution < 1.29 is 13.9 Å². The van der Waals surface area contributed by atoms with Crippen LogP contribution in [0.25, 0.3) is 0 Å². The summed E-state index contributed by atoms with van der Waals surface area (Å²) >= 11 is 0. The van der Waals surface area contributed by atoms with E-state index in [0.29, 0.717) is 12.2 Å². The Hall–Kier alpha value is -2.36. The van der Waals surface area contributed by atoms with E-state index < -0.39 is 6.10 Å². The van der Waals surface area contributed by atoms with Crippen LogP contribution in [0, 0.1) is 19.7 Å². The molecule has 3 nitrogen and oxygen atoms in total. The average molecular weight is 301 g/mol. The molecule has 1 N–H and O–H groups in total. The van der Waals surface area contributed by atoms with Crippen LogP contribution in [0.2, 0.25) is 0 Å². The predicted octanol–water partition coefficient (Wildman–Crippen LogP) is 4.24. The Morgan fingerprint density at radius 3 is 2.50 bits per heavy atom.